The fourth-order valence-electron chi connectivity index (χ4n) is 1.51. The lowest BCUT2D eigenvalue weighted by Gasteiger charge is -2.06. The highest BCUT2D eigenvalue weighted by molar-refractivity contribution is 5.90. The van der Waals surface area contributed by atoms with Crippen molar-refractivity contribution in [2.75, 3.05) is 5.32 Å². The van der Waals surface area contributed by atoms with Crippen molar-refractivity contribution < 1.29 is 4.79 Å². The Bertz CT molecular complexity index is 700. The highest BCUT2D eigenvalue weighted by atomic mass is 16.2. The standard InChI is InChI=1S/C13H10N4O2/c14-8-10-3-1-4-11(7-10)16-12(18)9-17-13(19)5-2-6-15-17/h1-7H,9H2,(H,16,18). The Morgan fingerprint density at radius 2 is 2.21 bits per heavy atom. The molecule has 19 heavy (non-hydrogen) atoms. The molecule has 0 aliphatic rings. The van der Waals surface area contributed by atoms with Gasteiger partial charge in [0.2, 0.25) is 5.91 Å². The van der Waals surface area contributed by atoms with Gasteiger partial charge in [0, 0.05) is 18.0 Å². The van der Waals surface area contributed by atoms with Crippen LogP contribution in [0.3, 0.4) is 0 Å². The molecule has 2 rings (SSSR count). The number of nitrogens with one attached hydrogen (secondary N) is 1. The van der Waals surface area contributed by atoms with Gasteiger partial charge in [-0.1, -0.05) is 6.07 Å². The molecule has 1 N–H and O–H groups in total. The highest BCUT2D eigenvalue weighted by Crippen LogP contribution is 2.09. The molecule has 6 heteroatoms. The third-order valence-corrected chi connectivity index (χ3v) is 2.35. The quantitative estimate of drug-likeness (QED) is 0.875. The number of nitrogens with zero attached hydrogens (tertiary/aromatic N) is 3. The zero-order valence-corrected chi connectivity index (χ0v) is 9.91. The average molecular weight is 254 g/mol. The van der Waals surface area contributed by atoms with Crippen molar-refractivity contribution in [2.24, 2.45) is 0 Å². The number of carbonyl (C=O) groups is 1. The van der Waals surface area contributed by atoms with E-state index in [0.717, 1.165) is 4.68 Å². The lowest BCUT2D eigenvalue weighted by molar-refractivity contribution is -0.117. The number of nitriles is 1. The van der Waals surface area contributed by atoms with Gasteiger partial charge in [-0.05, 0) is 24.3 Å². The van der Waals surface area contributed by atoms with E-state index in [9.17, 15) is 9.59 Å². The summed E-state index contributed by atoms with van der Waals surface area (Å²) in [5.41, 5.74) is 0.615. The minimum absolute atomic E-state index is 0.170. The first-order valence-electron chi connectivity index (χ1n) is 5.51. The molecule has 1 heterocycles. The minimum Gasteiger partial charge on any atom is -0.324 e. The van der Waals surface area contributed by atoms with Crippen molar-refractivity contribution in [3.05, 3.63) is 58.5 Å². The van der Waals surface area contributed by atoms with Crippen molar-refractivity contribution in [3.63, 3.8) is 0 Å². The summed E-state index contributed by atoms with van der Waals surface area (Å²) in [6.07, 6.45) is 1.44. The number of rotatable bonds is 3. The summed E-state index contributed by atoms with van der Waals surface area (Å²) >= 11 is 0. The first kappa shape index (κ1) is 12.5. The van der Waals surface area contributed by atoms with Crippen LogP contribution in [0.15, 0.2) is 47.4 Å². The highest BCUT2D eigenvalue weighted by Gasteiger charge is 2.05. The maximum atomic E-state index is 11.7. The minimum atomic E-state index is -0.379. The molecule has 1 amide bonds. The second kappa shape index (κ2) is 5.60. The Hall–Kier alpha value is -2.94. The number of hydrogen-bond acceptors (Lipinski definition) is 4. The maximum Gasteiger partial charge on any atom is 0.267 e. The van der Waals surface area contributed by atoms with E-state index in [4.69, 9.17) is 5.26 Å². The normalized spacial score (nSPS) is 9.63. The third kappa shape index (κ3) is 3.26. The van der Waals surface area contributed by atoms with E-state index in [1.165, 1.54) is 18.3 Å². The molecular weight excluding hydrogens is 244 g/mol. The van der Waals surface area contributed by atoms with Crippen LogP contribution in [0, 0.1) is 11.3 Å². The second-order valence-electron chi connectivity index (χ2n) is 3.76. The Kier molecular flexibility index (Phi) is 3.69. The molecule has 0 aliphatic carbocycles. The van der Waals surface area contributed by atoms with Gasteiger partial charge in [0.1, 0.15) is 6.54 Å². The number of hydrogen-bond donors (Lipinski definition) is 1. The fourth-order valence-corrected chi connectivity index (χ4v) is 1.51. The summed E-state index contributed by atoms with van der Waals surface area (Å²) < 4.78 is 1.06. The smallest absolute Gasteiger partial charge is 0.267 e. The molecule has 0 spiro atoms. The van der Waals surface area contributed by atoms with Gasteiger partial charge in [-0.25, -0.2) is 4.68 Å². The number of anilines is 1. The summed E-state index contributed by atoms with van der Waals surface area (Å²) in [5.74, 6) is -0.379. The van der Waals surface area contributed by atoms with Crippen LogP contribution in [0.25, 0.3) is 0 Å². The van der Waals surface area contributed by atoms with Gasteiger partial charge in [-0.3, -0.25) is 9.59 Å². The number of amides is 1. The fraction of sp³-hybridized carbons (Fsp3) is 0.0769. The van der Waals surface area contributed by atoms with E-state index in [2.05, 4.69) is 10.4 Å². The number of aromatic nitrogens is 2. The molecule has 6 nitrogen and oxygen atoms in total. The summed E-state index contributed by atoms with van der Waals surface area (Å²) in [6.45, 7) is -0.170. The van der Waals surface area contributed by atoms with Gasteiger partial charge in [0.25, 0.3) is 5.56 Å². The Morgan fingerprint density at radius 3 is 2.95 bits per heavy atom. The van der Waals surface area contributed by atoms with E-state index in [0.29, 0.717) is 11.3 Å². The van der Waals surface area contributed by atoms with Gasteiger partial charge in [0.05, 0.1) is 11.6 Å². The van der Waals surface area contributed by atoms with E-state index < -0.39 is 0 Å². The lowest BCUT2D eigenvalue weighted by atomic mass is 10.2. The van der Waals surface area contributed by atoms with Gasteiger partial charge in [-0.2, -0.15) is 10.4 Å². The van der Waals surface area contributed by atoms with Crippen LogP contribution >= 0.6 is 0 Å². The molecule has 1 aromatic heterocycles. The topological polar surface area (TPSA) is 87.8 Å². The molecule has 0 saturated heterocycles. The van der Waals surface area contributed by atoms with Crippen LogP contribution in [0.1, 0.15) is 5.56 Å². The first-order chi connectivity index (χ1) is 9.19. The molecule has 0 saturated carbocycles. The van der Waals surface area contributed by atoms with Crippen molar-refractivity contribution >= 4 is 11.6 Å². The van der Waals surface area contributed by atoms with Crippen molar-refractivity contribution in [3.8, 4) is 6.07 Å². The molecular formula is C13H10N4O2. The largest absolute Gasteiger partial charge is 0.324 e. The predicted octanol–water partition coefficient (Wildman–Crippen LogP) is 0.754. The van der Waals surface area contributed by atoms with Gasteiger partial charge < -0.3 is 5.32 Å². The zero-order valence-electron chi connectivity index (χ0n) is 9.91. The monoisotopic (exact) mass is 254 g/mol. The number of benzene rings is 1. The van der Waals surface area contributed by atoms with Crippen LogP contribution in [0.5, 0.6) is 0 Å². The second-order valence-corrected chi connectivity index (χ2v) is 3.76. The molecule has 0 unspecified atom stereocenters. The van der Waals surface area contributed by atoms with Gasteiger partial charge in [0.15, 0.2) is 0 Å². The van der Waals surface area contributed by atoms with Crippen molar-refractivity contribution in [1.82, 2.24) is 9.78 Å². The average Bonchev–Trinajstić information content (AvgIpc) is 2.41. The van der Waals surface area contributed by atoms with E-state index >= 15 is 0 Å². The SMILES string of the molecule is N#Cc1cccc(NC(=O)Cn2ncccc2=O)c1. The zero-order chi connectivity index (χ0) is 13.7. The van der Waals surface area contributed by atoms with Crippen LogP contribution < -0.4 is 10.9 Å². The Balaban J connectivity index is 2.08. The Labute approximate surface area is 108 Å². The summed E-state index contributed by atoms with van der Waals surface area (Å²) in [5, 5.41) is 15.1. The van der Waals surface area contributed by atoms with E-state index in [1.807, 2.05) is 6.07 Å². The summed E-state index contributed by atoms with van der Waals surface area (Å²) in [6, 6.07) is 11.3. The van der Waals surface area contributed by atoms with Gasteiger partial charge in [-0.15, -0.1) is 0 Å². The molecule has 0 radical (unpaired) electrons. The predicted molar refractivity (Wildman–Crippen MR) is 68.3 cm³/mol. The van der Waals surface area contributed by atoms with Crippen LogP contribution in [0.4, 0.5) is 5.69 Å². The van der Waals surface area contributed by atoms with Crippen molar-refractivity contribution in [1.29, 1.82) is 5.26 Å². The molecule has 0 atom stereocenters. The summed E-state index contributed by atoms with van der Waals surface area (Å²) in [4.78, 5) is 23.1. The molecule has 94 valence electrons. The maximum absolute atomic E-state index is 11.7. The lowest BCUT2D eigenvalue weighted by Crippen LogP contribution is -2.28. The van der Waals surface area contributed by atoms with Crippen LogP contribution in [-0.2, 0) is 11.3 Å². The summed E-state index contributed by atoms with van der Waals surface area (Å²) in [7, 11) is 0. The van der Waals surface area contributed by atoms with Crippen molar-refractivity contribution in [2.45, 2.75) is 6.54 Å². The first-order valence-corrected chi connectivity index (χ1v) is 5.51. The number of carbonyl (C=O) groups excluding carboxylic acids is 1. The third-order valence-electron chi connectivity index (χ3n) is 2.35. The molecule has 0 fully saturated rings. The Morgan fingerprint density at radius 1 is 1.37 bits per heavy atom. The van der Waals surface area contributed by atoms with E-state index in [1.54, 1.807) is 24.3 Å². The molecule has 0 aliphatic heterocycles. The molecule has 2 aromatic rings. The molecule has 1 aromatic carbocycles. The van der Waals surface area contributed by atoms with Crippen LogP contribution in [0.2, 0.25) is 0 Å². The van der Waals surface area contributed by atoms with Crippen LogP contribution in [-0.4, -0.2) is 15.7 Å². The van der Waals surface area contributed by atoms with Gasteiger partial charge >= 0.3 is 0 Å². The van der Waals surface area contributed by atoms with E-state index in [-0.39, 0.29) is 18.0 Å². The molecule has 0 bridgehead atoms.